The maximum atomic E-state index is 12.8. The Morgan fingerprint density at radius 1 is 1.35 bits per heavy atom. The maximum Gasteiger partial charge on any atom is 0.265 e. The van der Waals surface area contributed by atoms with Gasteiger partial charge in [-0.2, -0.15) is 4.31 Å². The van der Waals surface area contributed by atoms with Crippen LogP contribution in [0, 0.1) is 5.41 Å². The number of sulfonamides is 1. The molecular formula is C15H23N3O3S2. The van der Waals surface area contributed by atoms with Gasteiger partial charge in [-0.25, -0.2) is 8.42 Å². The largest absolute Gasteiger partial charge is 0.337 e. The van der Waals surface area contributed by atoms with Crippen LogP contribution in [0.25, 0.3) is 0 Å². The molecule has 8 heteroatoms. The van der Waals surface area contributed by atoms with Crippen LogP contribution >= 0.6 is 11.3 Å². The summed E-state index contributed by atoms with van der Waals surface area (Å²) < 4.78 is 27.0. The Balaban J connectivity index is 1.85. The first-order chi connectivity index (χ1) is 10.9. The van der Waals surface area contributed by atoms with Gasteiger partial charge in [-0.05, 0) is 42.7 Å². The van der Waals surface area contributed by atoms with Gasteiger partial charge in [-0.1, -0.05) is 6.92 Å². The Morgan fingerprint density at radius 3 is 2.65 bits per heavy atom. The van der Waals surface area contributed by atoms with Crippen LogP contribution in [0.3, 0.4) is 0 Å². The average Bonchev–Trinajstić information content (AvgIpc) is 3.27. The summed E-state index contributed by atoms with van der Waals surface area (Å²) in [6, 6.07) is 1.56. The highest BCUT2D eigenvalue weighted by Gasteiger charge is 2.38. The summed E-state index contributed by atoms with van der Waals surface area (Å²) in [4.78, 5) is 15.0. The van der Waals surface area contributed by atoms with E-state index in [-0.39, 0.29) is 16.2 Å². The highest BCUT2D eigenvalue weighted by Crippen LogP contribution is 2.33. The Hall–Kier alpha value is -0.960. The molecule has 6 nitrogen and oxygen atoms in total. The predicted octanol–water partition coefficient (Wildman–Crippen LogP) is 1.34. The molecule has 0 bridgehead atoms. The Kier molecular flexibility index (Phi) is 4.52. The fraction of sp³-hybridized carbons (Fsp3) is 0.667. The van der Waals surface area contributed by atoms with Crippen molar-refractivity contribution in [2.45, 2.75) is 31.1 Å². The number of likely N-dealkylation sites (tertiary alicyclic amines) is 1. The highest BCUT2D eigenvalue weighted by molar-refractivity contribution is 7.89. The third-order valence-corrected chi connectivity index (χ3v) is 7.82. The molecule has 2 aliphatic rings. The van der Waals surface area contributed by atoms with E-state index < -0.39 is 10.0 Å². The van der Waals surface area contributed by atoms with Crippen LogP contribution in [-0.4, -0.2) is 56.3 Å². The zero-order chi connectivity index (χ0) is 16.7. The van der Waals surface area contributed by atoms with E-state index in [0.29, 0.717) is 37.6 Å². The summed E-state index contributed by atoms with van der Waals surface area (Å²) in [6.07, 6.45) is 2.62. The second-order valence-corrected chi connectivity index (χ2v) is 9.54. The summed E-state index contributed by atoms with van der Waals surface area (Å²) in [6.45, 7) is 4.90. The molecule has 1 amide bonds. The van der Waals surface area contributed by atoms with Gasteiger partial charge >= 0.3 is 0 Å². The third kappa shape index (κ3) is 3.05. The Morgan fingerprint density at radius 2 is 2.04 bits per heavy atom. The average molecular weight is 358 g/mol. The molecule has 0 aliphatic carbocycles. The minimum absolute atomic E-state index is 0.0685. The number of rotatable bonds is 4. The second kappa shape index (κ2) is 6.16. The number of amides is 1. The number of nitrogens with zero attached hydrogens (tertiary/aromatic N) is 2. The smallest absolute Gasteiger partial charge is 0.265 e. The van der Waals surface area contributed by atoms with Gasteiger partial charge in [0.25, 0.3) is 5.91 Å². The van der Waals surface area contributed by atoms with Crippen LogP contribution in [0.1, 0.15) is 35.9 Å². The van der Waals surface area contributed by atoms with Crippen LogP contribution in [-0.2, 0) is 10.0 Å². The van der Waals surface area contributed by atoms with Gasteiger partial charge in [0.05, 0.1) is 0 Å². The van der Waals surface area contributed by atoms with Gasteiger partial charge in [-0.3, -0.25) is 4.79 Å². The number of carbonyl (C=O) groups excluding carboxylic acids is 1. The highest BCUT2D eigenvalue weighted by atomic mass is 32.2. The molecule has 2 N–H and O–H groups in total. The minimum atomic E-state index is -3.56. The van der Waals surface area contributed by atoms with Gasteiger partial charge in [0.15, 0.2) is 0 Å². The topological polar surface area (TPSA) is 83.7 Å². The molecule has 2 aliphatic heterocycles. The van der Waals surface area contributed by atoms with E-state index in [0.717, 1.165) is 19.3 Å². The molecule has 23 heavy (non-hydrogen) atoms. The van der Waals surface area contributed by atoms with Crippen molar-refractivity contribution in [3.05, 3.63) is 16.3 Å². The van der Waals surface area contributed by atoms with Crippen LogP contribution < -0.4 is 5.73 Å². The monoisotopic (exact) mass is 357 g/mol. The molecule has 3 rings (SSSR count). The molecular weight excluding hydrogens is 334 g/mol. The SMILES string of the molecule is CC1(CN)CCN(C(=O)c2sccc2S(=O)(=O)N2CCCC2)C1. The van der Waals surface area contributed by atoms with E-state index in [1.165, 1.54) is 15.6 Å². The van der Waals surface area contributed by atoms with Crippen molar-refractivity contribution in [3.63, 3.8) is 0 Å². The van der Waals surface area contributed by atoms with E-state index in [1.54, 1.807) is 16.3 Å². The van der Waals surface area contributed by atoms with Gasteiger partial charge < -0.3 is 10.6 Å². The zero-order valence-electron chi connectivity index (χ0n) is 13.3. The molecule has 2 saturated heterocycles. The van der Waals surface area contributed by atoms with Gasteiger partial charge in [0, 0.05) is 26.2 Å². The van der Waals surface area contributed by atoms with E-state index >= 15 is 0 Å². The molecule has 0 radical (unpaired) electrons. The molecule has 1 atom stereocenters. The molecule has 0 aromatic carbocycles. The van der Waals surface area contributed by atoms with Crippen molar-refractivity contribution in [1.82, 2.24) is 9.21 Å². The molecule has 0 spiro atoms. The van der Waals surface area contributed by atoms with Gasteiger partial charge in [0.2, 0.25) is 10.0 Å². The van der Waals surface area contributed by atoms with Crippen LogP contribution in [0.2, 0.25) is 0 Å². The molecule has 3 heterocycles. The first kappa shape index (κ1) is 16.9. The zero-order valence-corrected chi connectivity index (χ0v) is 15.0. The quantitative estimate of drug-likeness (QED) is 0.881. The van der Waals surface area contributed by atoms with Gasteiger partial charge in [0.1, 0.15) is 9.77 Å². The normalized spacial score (nSPS) is 26.1. The van der Waals surface area contributed by atoms with Crippen molar-refractivity contribution in [2.75, 3.05) is 32.7 Å². The van der Waals surface area contributed by atoms with Crippen molar-refractivity contribution in [3.8, 4) is 0 Å². The van der Waals surface area contributed by atoms with Crippen LogP contribution in [0.4, 0.5) is 0 Å². The number of hydrogen-bond acceptors (Lipinski definition) is 5. The van der Waals surface area contributed by atoms with Crippen molar-refractivity contribution < 1.29 is 13.2 Å². The van der Waals surface area contributed by atoms with E-state index in [9.17, 15) is 13.2 Å². The molecule has 1 aromatic heterocycles. The molecule has 0 saturated carbocycles. The van der Waals surface area contributed by atoms with E-state index in [1.807, 2.05) is 0 Å². The first-order valence-corrected chi connectivity index (χ1v) is 10.3. The lowest BCUT2D eigenvalue weighted by molar-refractivity contribution is 0.0778. The molecule has 1 unspecified atom stereocenters. The van der Waals surface area contributed by atoms with Gasteiger partial charge in [-0.15, -0.1) is 11.3 Å². The summed E-state index contributed by atoms with van der Waals surface area (Å²) in [5.74, 6) is -0.185. The summed E-state index contributed by atoms with van der Waals surface area (Å²) in [5.41, 5.74) is 5.72. The van der Waals surface area contributed by atoms with Crippen molar-refractivity contribution in [2.24, 2.45) is 11.1 Å². The van der Waals surface area contributed by atoms with Crippen LogP contribution in [0.5, 0.6) is 0 Å². The summed E-state index contributed by atoms with van der Waals surface area (Å²) >= 11 is 1.21. The number of thiophene rings is 1. The Bertz CT molecular complexity index is 695. The second-order valence-electron chi connectivity index (χ2n) is 6.72. The minimum Gasteiger partial charge on any atom is -0.337 e. The lowest BCUT2D eigenvalue weighted by atomic mass is 9.90. The number of nitrogens with two attached hydrogens (primary N) is 1. The van der Waals surface area contributed by atoms with E-state index in [4.69, 9.17) is 5.73 Å². The lowest BCUT2D eigenvalue weighted by Crippen LogP contribution is -2.35. The summed E-state index contributed by atoms with van der Waals surface area (Å²) in [7, 11) is -3.56. The summed E-state index contributed by atoms with van der Waals surface area (Å²) in [5, 5.41) is 1.69. The standard InChI is InChI=1S/C15H23N3O3S2/c1-15(10-16)5-8-17(11-15)14(19)13-12(4-9-22-13)23(20,21)18-6-2-3-7-18/h4,9H,2-3,5-8,10-11,16H2,1H3. The maximum absolute atomic E-state index is 12.8. The fourth-order valence-corrected chi connectivity index (χ4v) is 6.11. The molecule has 128 valence electrons. The fourth-order valence-electron chi connectivity index (χ4n) is 3.23. The molecule has 2 fully saturated rings. The van der Waals surface area contributed by atoms with Crippen LogP contribution in [0.15, 0.2) is 16.3 Å². The number of carbonyl (C=O) groups is 1. The van der Waals surface area contributed by atoms with Crippen molar-refractivity contribution >= 4 is 27.3 Å². The molecule has 1 aromatic rings. The van der Waals surface area contributed by atoms with E-state index in [2.05, 4.69) is 6.92 Å². The number of hydrogen-bond donors (Lipinski definition) is 1. The van der Waals surface area contributed by atoms with Crippen molar-refractivity contribution in [1.29, 1.82) is 0 Å². The first-order valence-electron chi connectivity index (χ1n) is 7.94. The lowest BCUT2D eigenvalue weighted by Gasteiger charge is -2.23. The Labute approximate surface area is 141 Å². The third-order valence-electron chi connectivity index (χ3n) is 4.84. The predicted molar refractivity (Wildman–Crippen MR) is 90.0 cm³/mol.